The summed E-state index contributed by atoms with van der Waals surface area (Å²) in [6.07, 6.45) is 7.50. The molecule has 0 saturated heterocycles. The van der Waals surface area contributed by atoms with E-state index in [1.54, 1.807) is 18.0 Å². The van der Waals surface area contributed by atoms with Gasteiger partial charge in [0, 0.05) is 17.3 Å². The minimum absolute atomic E-state index is 0.171. The maximum Gasteiger partial charge on any atom is 0.258 e. The SMILES string of the molecule is COC1=CCCC(n2cc(-c3cc4ccccc4[nH]c3=O)nn2)=C1. The monoisotopic (exact) mass is 320 g/mol. The number of nitrogens with one attached hydrogen (secondary N) is 1. The second-order valence-corrected chi connectivity index (χ2v) is 5.63. The molecule has 2 heterocycles. The Bertz CT molecular complexity index is 1030. The molecule has 0 amide bonds. The van der Waals surface area contributed by atoms with Crippen molar-refractivity contribution in [2.24, 2.45) is 0 Å². The van der Waals surface area contributed by atoms with Crippen LogP contribution in [0.2, 0.25) is 0 Å². The summed E-state index contributed by atoms with van der Waals surface area (Å²) >= 11 is 0. The molecule has 0 radical (unpaired) electrons. The van der Waals surface area contributed by atoms with Gasteiger partial charge in [-0.05, 0) is 36.4 Å². The molecule has 1 N–H and O–H groups in total. The van der Waals surface area contributed by atoms with Gasteiger partial charge in [0.2, 0.25) is 0 Å². The Balaban J connectivity index is 1.76. The number of aromatic amines is 1. The first-order chi connectivity index (χ1) is 11.7. The van der Waals surface area contributed by atoms with Gasteiger partial charge in [-0.3, -0.25) is 4.79 Å². The number of para-hydroxylation sites is 1. The van der Waals surface area contributed by atoms with Crippen molar-refractivity contribution in [2.45, 2.75) is 12.8 Å². The third-order valence-corrected chi connectivity index (χ3v) is 4.11. The fraction of sp³-hybridized carbons (Fsp3) is 0.167. The van der Waals surface area contributed by atoms with Gasteiger partial charge in [0.15, 0.2) is 0 Å². The highest BCUT2D eigenvalue weighted by Crippen LogP contribution is 2.23. The number of H-pyrrole nitrogens is 1. The summed E-state index contributed by atoms with van der Waals surface area (Å²) in [5, 5.41) is 9.30. The summed E-state index contributed by atoms with van der Waals surface area (Å²) in [4.78, 5) is 15.2. The highest BCUT2D eigenvalue weighted by Gasteiger charge is 2.13. The van der Waals surface area contributed by atoms with Gasteiger partial charge >= 0.3 is 0 Å². The summed E-state index contributed by atoms with van der Waals surface area (Å²) in [7, 11) is 1.65. The standard InChI is InChI=1S/C18H16N4O2/c1-24-14-7-4-6-13(10-14)22-11-17(20-21-22)15-9-12-5-2-3-8-16(12)19-18(15)23/h2-3,5,7-11H,4,6H2,1H3,(H,19,23). The summed E-state index contributed by atoms with van der Waals surface area (Å²) in [5.74, 6) is 0.817. The topological polar surface area (TPSA) is 72.8 Å². The molecule has 0 spiro atoms. The highest BCUT2D eigenvalue weighted by atomic mass is 16.5. The van der Waals surface area contributed by atoms with E-state index in [2.05, 4.69) is 15.3 Å². The maximum absolute atomic E-state index is 12.3. The number of ether oxygens (including phenoxy) is 1. The predicted octanol–water partition coefficient (Wildman–Crippen LogP) is 2.95. The third-order valence-electron chi connectivity index (χ3n) is 4.11. The van der Waals surface area contributed by atoms with Gasteiger partial charge in [-0.25, -0.2) is 4.68 Å². The molecule has 0 bridgehead atoms. The van der Waals surface area contributed by atoms with Crippen molar-refractivity contribution in [1.82, 2.24) is 20.0 Å². The Morgan fingerprint density at radius 1 is 1.29 bits per heavy atom. The van der Waals surface area contributed by atoms with Crippen LogP contribution in [0.15, 0.2) is 59.2 Å². The molecule has 24 heavy (non-hydrogen) atoms. The van der Waals surface area contributed by atoms with Crippen molar-refractivity contribution in [3.05, 3.63) is 64.8 Å². The molecule has 3 aromatic rings. The first-order valence-corrected chi connectivity index (χ1v) is 7.74. The van der Waals surface area contributed by atoms with E-state index in [-0.39, 0.29) is 5.56 Å². The van der Waals surface area contributed by atoms with E-state index in [9.17, 15) is 4.79 Å². The molecule has 1 aromatic carbocycles. The van der Waals surface area contributed by atoms with Crippen LogP contribution in [0.5, 0.6) is 0 Å². The molecule has 0 atom stereocenters. The van der Waals surface area contributed by atoms with E-state index in [0.29, 0.717) is 11.3 Å². The molecule has 6 heteroatoms. The molecule has 0 saturated carbocycles. The van der Waals surface area contributed by atoms with Gasteiger partial charge in [-0.2, -0.15) is 0 Å². The zero-order chi connectivity index (χ0) is 16.5. The van der Waals surface area contributed by atoms with Gasteiger partial charge in [0.25, 0.3) is 5.56 Å². The lowest BCUT2D eigenvalue weighted by molar-refractivity contribution is 0.303. The number of allylic oxidation sites excluding steroid dienone is 3. The van der Waals surface area contributed by atoms with E-state index in [1.165, 1.54) is 0 Å². The molecular weight excluding hydrogens is 304 g/mol. The number of benzene rings is 1. The quantitative estimate of drug-likeness (QED) is 0.805. The number of aromatic nitrogens is 4. The van der Waals surface area contributed by atoms with Crippen LogP contribution in [0.1, 0.15) is 12.8 Å². The van der Waals surface area contributed by atoms with Crippen LogP contribution in [0, 0.1) is 0 Å². The lowest BCUT2D eigenvalue weighted by Gasteiger charge is -2.12. The van der Waals surface area contributed by atoms with Crippen LogP contribution in [0.25, 0.3) is 27.9 Å². The van der Waals surface area contributed by atoms with Gasteiger partial charge < -0.3 is 9.72 Å². The Kier molecular flexibility index (Phi) is 3.49. The molecule has 1 aliphatic carbocycles. The van der Waals surface area contributed by atoms with Crippen LogP contribution in [0.4, 0.5) is 0 Å². The summed E-state index contributed by atoms with van der Waals surface area (Å²) in [5.41, 5.74) is 2.69. The minimum atomic E-state index is -0.171. The van der Waals surface area contributed by atoms with E-state index < -0.39 is 0 Å². The predicted molar refractivity (Wildman–Crippen MR) is 92.2 cm³/mol. The largest absolute Gasteiger partial charge is 0.497 e. The first kappa shape index (κ1) is 14.4. The number of methoxy groups -OCH3 is 1. The van der Waals surface area contributed by atoms with Crippen molar-refractivity contribution in [3.8, 4) is 11.3 Å². The van der Waals surface area contributed by atoms with Crippen LogP contribution < -0.4 is 5.56 Å². The highest BCUT2D eigenvalue weighted by molar-refractivity contribution is 5.82. The molecule has 0 aliphatic heterocycles. The zero-order valence-corrected chi connectivity index (χ0v) is 13.2. The summed E-state index contributed by atoms with van der Waals surface area (Å²) < 4.78 is 6.97. The molecule has 0 fully saturated rings. The summed E-state index contributed by atoms with van der Waals surface area (Å²) in [6, 6.07) is 9.51. The van der Waals surface area contributed by atoms with E-state index >= 15 is 0 Å². The minimum Gasteiger partial charge on any atom is -0.497 e. The van der Waals surface area contributed by atoms with Gasteiger partial charge in [-0.15, -0.1) is 5.10 Å². The van der Waals surface area contributed by atoms with Crippen LogP contribution >= 0.6 is 0 Å². The second kappa shape index (κ2) is 5.81. The van der Waals surface area contributed by atoms with Crippen LogP contribution in [0.3, 0.4) is 0 Å². The number of hydrogen-bond acceptors (Lipinski definition) is 4. The average Bonchev–Trinajstić information content (AvgIpc) is 3.11. The van der Waals surface area contributed by atoms with Crippen LogP contribution in [-0.4, -0.2) is 27.1 Å². The normalized spacial score (nSPS) is 14.4. The lowest BCUT2D eigenvalue weighted by atomic mass is 10.1. The van der Waals surface area contributed by atoms with Crippen molar-refractivity contribution in [1.29, 1.82) is 0 Å². The molecule has 1 aliphatic rings. The molecule has 4 rings (SSSR count). The second-order valence-electron chi connectivity index (χ2n) is 5.63. The van der Waals surface area contributed by atoms with Gasteiger partial charge in [0.05, 0.1) is 18.9 Å². The molecule has 6 nitrogen and oxygen atoms in total. The fourth-order valence-corrected chi connectivity index (χ4v) is 2.85. The maximum atomic E-state index is 12.3. The average molecular weight is 320 g/mol. The van der Waals surface area contributed by atoms with Crippen molar-refractivity contribution in [2.75, 3.05) is 7.11 Å². The lowest BCUT2D eigenvalue weighted by Crippen LogP contribution is -2.08. The van der Waals surface area contributed by atoms with Crippen molar-refractivity contribution < 1.29 is 4.74 Å². The van der Waals surface area contributed by atoms with E-state index in [1.807, 2.05) is 42.5 Å². The van der Waals surface area contributed by atoms with Crippen molar-refractivity contribution >= 4 is 16.6 Å². The van der Waals surface area contributed by atoms with Crippen LogP contribution in [-0.2, 0) is 4.74 Å². The number of nitrogens with zero attached hydrogens (tertiary/aromatic N) is 3. The van der Waals surface area contributed by atoms with Gasteiger partial charge in [-0.1, -0.05) is 23.4 Å². The molecule has 0 unspecified atom stereocenters. The van der Waals surface area contributed by atoms with Crippen molar-refractivity contribution in [3.63, 3.8) is 0 Å². The van der Waals surface area contributed by atoms with Gasteiger partial charge in [0.1, 0.15) is 11.5 Å². The Morgan fingerprint density at radius 3 is 3.04 bits per heavy atom. The third kappa shape index (κ3) is 2.52. The Hall–Kier alpha value is -3.15. The Morgan fingerprint density at radius 2 is 2.17 bits per heavy atom. The first-order valence-electron chi connectivity index (χ1n) is 7.74. The molecule has 2 aromatic heterocycles. The summed E-state index contributed by atoms with van der Waals surface area (Å²) in [6.45, 7) is 0. The number of rotatable bonds is 3. The number of pyridine rings is 1. The smallest absolute Gasteiger partial charge is 0.258 e. The Labute approximate surface area is 138 Å². The number of fused-ring (bicyclic) bond motifs is 1. The number of hydrogen-bond donors (Lipinski definition) is 1. The fourth-order valence-electron chi connectivity index (χ4n) is 2.85. The van der Waals surface area contributed by atoms with E-state index in [0.717, 1.165) is 35.2 Å². The van der Waals surface area contributed by atoms with E-state index in [4.69, 9.17) is 4.74 Å². The molecule has 120 valence electrons. The molecular formula is C18H16N4O2. The zero-order valence-electron chi connectivity index (χ0n) is 13.2.